The van der Waals surface area contributed by atoms with E-state index in [0.717, 1.165) is 25.7 Å². The van der Waals surface area contributed by atoms with E-state index in [9.17, 15) is 9.59 Å². The van der Waals surface area contributed by atoms with E-state index in [1.165, 1.54) is 5.57 Å². The van der Waals surface area contributed by atoms with E-state index in [1.807, 2.05) is 6.92 Å². The van der Waals surface area contributed by atoms with Gasteiger partial charge in [-0.2, -0.15) is 0 Å². The van der Waals surface area contributed by atoms with Gasteiger partial charge in [0, 0.05) is 6.42 Å². The molecule has 0 atom stereocenters. The van der Waals surface area contributed by atoms with Crippen LogP contribution in [0.3, 0.4) is 0 Å². The smallest absolute Gasteiger partial charge is 0.308 e. The zero-order valence-electron chi connectivity index (χ0n) is 12.6. The molecular weight excluding hydrogens is 240 g/mol. The maximum absolute atomic E-state index is 11.9. The Balaban J connectivity index is 2.45. The van der Waals surface area contributed by atoms with Crippen LogP contribution in [0, 0.1) is 11.3 Å². The molecule has 0 amide bonds. The largest absolute Gasteiger partial charge is 0.466 e. The molecule has 0 radical (unpaired) electrons. The van der Waals surface area contributed by atoms with Crippen molar-refractivity contribution in [1.29, 1.82) is 0 Å². The van der Waals surface area contributed by atoms with E-state index in [-0.39, 0.29) is 23.1 Å². The first-order valence-electron chi connectivity index (χ1n) is 7.20. The van der Waals surface area contributed by atoms with Crippen molar-refractivity contribution >= 4 is 11.8 Å². The zero-order chi connectivity index (χ0) is 14.5. The van der Waals surface area contributed by atoms with Crippen LogP contribution < -0.4 is 0 Å². The molecule has 1 aliphatic carbocycles. The van der Waals surface area contributed by atoms with Crippen molar-refractivity contribution in [2.45, 2.75) is 59.8 Å². The maximum Gasteiger partial charge on any atom is 0.308 e. The van der Waals surface area contributed by atoms with Crippen molar-refractivity contribution in [3.63, 3.8) is 0 Å². The molecule has 0 aliphatic heterocycles. The second-order valence-electron chi connectivity index (χ2n) is 6.53. The van der Waals surface area contributed by atoms with Gasteiger partial charge in [0.2, 0.25) is 0 Å². The SMILES string of the molecule is CCOC(=O)C1CCC(=CC(=O)CC(C)(C)C)CC1. The quantitative estimate of drug-likeness (QED) is 0.576. The molecule has 1 saturated carbocycles. The molecule has 1 aliphatic rings. The van der Waals surface area contributed by atoms with Crippen molar-refractivity contribution in [3.05, 3.63) is 11.6 Å². The number of hydrogen-bond donors (Lipinski definition) is 0. The van der Waals surface area contributed by atoms with Gasteiger partial charge in [-0.1, -0.05) is 26.3 Å². The van der Waals surface area contributed by atoms with E-state index in [2.05, 4.69) is 20.8 Å². The van der Waals surface area contributed by atoms with Crippen LogP contribution in [0.4, 0.5) is 0 Å². The third-order valence-corrected chi connectivity index (χ3v) is 3.32. The number of ether oxygens (including phenoxy) is 1. The molecule has 0 bridgehead atoms. The van der Waals surface area contributed by atoms with Crippen LogP contribution in [0.1, 0.15) is 59.8 Å². The third kappa shape index (κ3) is 6.04. The van der Waals surface area contributed by atoms with Gasteiger partial charge in [0.05, 0.1) is 12.5 Å². The van der Waals surface area contributed by atoms with Gasteiger partial charge in [-0.05, 0) is 44.1 Å². The highest BCUT2D eigenvalue weighted by molar-refractivity contribution is 5.90. The lowest BCUT2D eigenvalue weighted by atomic mass is 9.84. The summed E-state index contributed by atoms with van der Waals surface area (Å²) in [7, 11) is 0. The lowest BCUT2D eigenvalue weighted by molar-refractivity contribution is -0.148. The highest BCUT2D eigenvalue weighted by atomic mass is 16.5. The summed E-state index contributed by atoms with van der Waals surface area (Å²) >= 11 is 0. The van der Waals surface area contributed by atoms with Crippen LogP contribution in [-0.2, 0) is 14.3 Å². The number of rotatable bonds is 4. The molecule has 0 aromatic carbocycles. The van der Waals surface area contributed by atoms with Crippen molar-refractivity contribution in [1.82, 2.24) is 0 Å². The lowest BCUT2D eigenvalue weighted by Crippen LogP contribution is -2.21. The van der Waals surface area contributed by atoms with Gasteiger partial charge in [0.15, 0.2) is 5.78 Å². The van der Waals surface area contributed by atoms with Gasteiger partial charge in [-0.15, -0.1) is 0 Å². The molecule has 3 heteroatoms. The van der Waals surface area contributed by atoms with Gasteiger partial charge >= 0.3 is 5.97 Å². The Bertz CT molecular complexity index is 351. The first-order chi connectivity index (χ1) is 8.81. The molecule has 0 N–H and O–H groups in total. The Morgan fingerprint density at radius 2 is 1.84 bits per heavy atom. The summed E-state index contributed by atoms with van der Waals surface area (Å²) in [5.41, 5.74) is 1.23. The number of allylic oxidation sites excluding steroid dienone is 2. The average Bonchev–Trinajstić information content (AvgIpc) is 2.27. The second kappa shape index (κ2) is 6.88. The fraction of sp³-hybridized carbons (Fsp3) is 0.750. The van der Waals surface area contributed by atoms with E-state index in [0.29, 0.717) is 13.0 Å². The summed E-state index contributed by atoms with van der Waals surface area (Å²) in [6, 6.07) is 0. The minimum Gasteiger partial charge on any atom is -0.466 e. The molecular formula is C16H26O3. The van der Waals surface area contributed by atoms with E-state index in [1.54, 1.807) is 6.08 Å². The predicted molar refractivity (Wildman–Crippen MR) is 75.8 cm³/mol. The first kappa shape index (κ1) is 15.9. The zero-order valence-corrected chi connectivity index (χ0v) is 12.6. The topological polar surface area (TPSA) is 43.4 Å². The monoisotopic (exact) mass is 266 g/mol. The Morgan fingerprint density at radius 3 is 2.32 bits per heavy atom. The molecule has 1 rings (SSSR count). The van der Waals surface area contributed by atoms with Crippen LogP contribution in [0.15, 0.2) is 11.6 Å². The Labute approximate surface area is 116 Å². The van der Waals surface area contributed by atoms with Crippen molar-refractivity contribution in [2.75, 3.05) is 6.61 Å². The van der Waals surface area contributed by atoms with Crippen molar-refractivity contribution in [3.8, 4) is 0 Å². The number of carbonyl (C=O) groups is 2. The fourth-order valence-corrected chi connectivity index (χ4v) is 2.43. The lowest BCUT2D eigenvalue weighted by Gasteiger charge is -2.22. The van der Waals surface area contributed by atoms with Gasteiger partial charge < -0.3 is 4.74 Å². The van der Waals surface area contributed by atoms with E-state index < -0.39 is 0 Å². The summed E-state index contributed by atoms with van der Waals surface area (Å²) in [5, 5.41) is 0. The summed E-state index contributed by atoms with van der Waals surface area (Å²) < 4.78 is 5.04. The third-order valence-electron chi connectivity index (χ3n) is 3.32. The predicted octanol–water partition coefficient (Wildman–Crippen LogP) is 3.67. The minimum atomic E-state index is -0.0810. The molecule has 3 nitrogen and oxygen atoms in total. The molecule has 0 aromatic rings. The Hall–Kier alpha value is -1.12. The van der Waals surface area contributed by atoms with Gasteiger partial charge in [0.1, 0.15) is 0 Å². The first-order valence-corrected chi connectivity index (χ1v) is 7.20. The van der Waals surface area contributed by atoms with Crippen LogP contribution in [0.2, 0.25) is 0 Å². The Morgan fingerprint density at radius 1 is 1.26 bits per heavy atom. The van der Waals surface area contributed by atoms with Gasteiger partial charge in [0.25, 0.3) is 0 Å². The summed E-state index contributed by atoms with van der Waals surface area (Å²) in [6.07, 6.45) is 5.70. The highest BCUT2D eigenvalue weighted by Crippen LogP contribution is 2.29. The standard InChI is InChI=1S/C16H26O3/c1-5-19-15(18)13-8-6-12(7-9-13)10-14(17)11-16(2,3)4/h10,13H,5-9,11H2,1-4H3. The molecule has 0 aromatic heterocycles. The summed E-state index contributed by atoms with van der Waals surface area (Å²) in [5.74, 6) is 0.148. The summed E-state index contributed by atoms with van der Waals surface area (Å²) in [4.78, 5) is 23.5. The second-order valence-corrected chi connectivity index (χ2v) is 6.53. The van der Waals surface area contributed by atoms with Gasteiger partial charge in [-0.3, -0.25) is 9.59 Å². The summed E-state index contributed by atoms with van der Waals surface area (Å²) in [6.45, 7) is 8.49. The minimum absolute atomic E-state index is 0.0230. The molecule has 0 spiro atoms. The van der Waals surface area contributed by atoms with Crippen molar-refractivity contribution in [2.24, 2.45) is 11.3 Å². The molecule has 0 heterocycles. The van der Waals surface area contributed by atoms with Crippen LogP contribution in [-0.4, -0.2) is 18.4 Å². The highest BCUT2D eigenvalue weighted by Gasteiger charge is 2.24. The van der Waals surface area contributed by atoms with E-state index >= 15 is 0 Å². The Kier molecular flexibility index (Phi) is 5.77. The maximum atomic E-state index is 11.9. The molecule has 0 saturated heterocycles. The molecule has 19 heavy (non-hydrogen) atoms. The van der Waals surface area contributed by atoms with Crippen molar-refractivity contribution < 1.29 is 14.3 Å². The fourth-order valence-electron chi connectivity index (χ4n) is 2.43. The van der Waals surface area contributed by atoms with Crippen LogP contribution in [0.5, 0.6) is 0 Å². The van der Waals surface area contributed by atoms with Crippen LogP contribution in [0.25, 0.3) is 0 Å². The van der Waals surface area contributed by atoms with E-state index in [4.69, 9.17) is 4.74 Å². The number of ketones is 1. The number of hydrogen-bond acceptors (Lipinski definition) is 3. The number of esters is 1. The molecule has 1 fully saturated rings. The average molecular weight is 266 g/mol. The molecule has 108 valence electrons. The van der Waals surface area contributed by atoms with Gasteiger partial charge in [-0.25, -0.2) is 0 Å². The normalized spacial score (nSPS) is 20.0. The number of carbonyl (C=O) groups excluding carboxylic acids is 2. The molecule has 0 unspecified atom stereocenters. The van der Waals surface area contributed by atoms with Crippen LogP contribution >= 0.6 is 0 Å².